The standard InChI is InChI=1S/C19H23N3O2S/c1-14-17(20-10-9-18(14)24-12-6-11-23-2)13-25(3)19-21-15-7-4-5-8-16(15)22-19/h4-5,7-10H,3,6,11-13H2,1-2H3,(H,21,22). The maximum atomic E-state index is 5.85. The lowest BCUT2D eigenvalue weighted by Crippen LogP contribution is -2.04. The van der Waals surface area contributed by atoms with Gasteiger partial charge in [-0.3, -0.25) is 4.98 Å². The number of pyridine rings is 1. The molecule has 2 heterocycles. The molecule has 6 heteroatoms. The minimum absolute atomic E-state index is 0.299. The Kier molecular flexibility index (Phi) is 5.83. The zero-order valence-corrected chi connectivity index (χ0v) is 15.4. The van der Waals surface area contributed by atoms with E-state index in [0.29, 0.717) is 13.2 Å². The van der Waals surface area contributed by atoms with Crippen molar-refractivity contribution in [2.24, 2.45) is 0 Å². The van der Waals surface area contributed by atoms with Crippen molar-refractivity contribution in [1.82, 2.24) is 15.0 Å². The minimum Gasteiger partial charge on any atom is -0.493 e. The molecule has 0 spiro atoms. The van der Waals surface area contributed by atoms with Crippen LogP contribution in [-0.4, -0.2) is 41.1 Å². The number of hydrogen-bond donors (Lipinski definition) is 1. The summed E-state index contributed by atoms with van der Waals surface area (Å²) < 4.78 is 10.9. The first-order chi connectivity index (χ1) is 12.2. The zero-order valence-electron chi connectivity index (χ0n) is 14.6. The second-order valence-corrected chi connectivity index (χ2v) is 7.43. The second kappa shape index (κ2) is 8.27. The highest BCUT2D eigenvalue weighted by molar-refractivity contribution is 8.13. The number of aromatic nitrogens is 3. The van der Waals surface area contributed by atoms with Crippen molar-refractivity contribution >= 4 is 27.4 Å². The largest absolute Gasteiger partial charge is 0.493 e. The van der Waals surface area contributed by atoms with Gasteiger partial charge in [0.25, 0.3) is 0 Å². The predicted molar refractivity (Wildman–Crippen MR) is 104 cm³/mol. The van der Waals surface area contributed by atoms with E-state index in [-0.39, 0.29) is 10.5 Å². The normalized spacial score (nSPS) is 12.4. The van der Waals surface area contributed by atoms with Crippen molar-refractivity contribution in [2.45, 2.75) is 24.3 Å². The number of rotatable bonds is 8. The van der Waals surface area contributed by atoms with E-state index in [1.54, 1.807) is 13.3 Å². The molecule has 3 aromatic rings. The topological polar surface area (TPSA) is 60.0 Å². The lowest BCUT2D eigenvalue weighted by atomic mass is 10.2. The number of fused-ring (bicyclic) bond motifs is 1. The van der Waals surface area contributed by atoms with Crippen LogP contribution in [0.3, 0.4) is 0 Å². The van der Waals surface area contributed by atoms with Crippen LogP contribution in [0.5, 0.6) is 5.75 Å². The van der Waals surface area contributed by atoms with Crippen LogP contribution in [0.25, 0.3) is 11.0 Å². The molecule has 0 aliphatic carbocycles. The molecule has 0 aliphatic heterocycles. The average Bonchev–Trinajstić information content (AvgIpc) is 3.06. The van der Waals surface area contributed by atoms with Gasteiger partial charge in [-0.05, 0) is 25.1 Å². The Morgan fingerprint density at radius 2 is 2.04 bits per heavy atom. The molecule has 0 aliphatic rings. The first-order valence-electron chi connectivity index (χ1n) is 8.20. The highest BCUT2D eigenvalue weighted by Crippen LogP contribution is 2.30. The number of para-hydroxylation sites is 2. The van der Waals surface area contributed by atoms with Gasteiger partial charge in [0.1, 0.15) is 5.75 Å². The Bertz CT molecular complexity index is 843. The maximum Gasteiger partial charge on any atom is 0.160 e. The van der Waals surface area contributed by atoms with E-state index in [9.17, 15) is 0 Å². The summed E-state index contributed by atoms with van der Waals surface area (Å²) in [5.41, 5.74) is 4.08. The molecule has 0 amide bonds. The third kappa shape index (κ3) is 4.27. The van der Waals surface area contributed by atoms with Gasteiger partial charge in [0, 0.05) is 37.7 Å². The lowest BCUT2D eigenvalue weighted by Gasteiger charge is -2.12. The first-order valence-corrected chi connectivity index (χ1v) is 9.77. The van der Waals surface area contributed by atoms with Crippen molar-refractivity contribution < 1.29 is 9.47 Å². The molecule has 0 saturated carbocycles. The SMILES string of the molecule is C=S(Cc1nccc(OCCCOC)c1C)c1nc2ccccc2[nH]1. The minimum atomic E-state index is -0.299. The molecule has 0 bridgehead atoms. The number of methoxy groups -OCH3 is 1. The molecule has 132 valence electrons. The maximum absolute atomic E-state index is 5.85. The summed E-state index contributed by atoms with van der Waals surface area (Å²) in [4.78, 5) is 12.5. The fourth-order valence-electron chi connectivity index (χ4n) is 2.55. The number of benzene rings is 1. The zero-order chi connectivity index (χ0) is 17.6. The van der Waals surface area contributed by atoms with Gasteiger partial charge in [0.2, 0.25) is 0 Å². The molecule has 1 aromatic carbocycles. The number of H-pyrrole nitrogens is 1. The summed E-state index contributed by atoms with van der Waals surface area (Å²) in [5.74, 6) is 5.91. The van der Waals surface area contributed by atoms with E-state index in [0.717, 1.165) is 45.4 Å². The summed E-state index contributed by atoms with van der Waals surface area (Å²) >= 11 is 0. The summed E-state index contributed by atoms with van der Waals surface area (Å²) in [5, 5.41) is 0.911. The highest BCUT2D eigenvalue weighted by atomic mass is 32.2. The van der Waals surface area contributed by atoms with Crippen molar-refractivity contribution in [3.8, 4) is 5.75 Å². The van der Waals surface area contributed by atoms with Crippen LogP contribution in [0.2, 0.25) is 0 Å². The van der Waals surface area contributed by atoms with Gasteiger partial charge in [0.15, 0.2) is 5.16 Å². The molecule has 1 atom stereocenters. The van der Waals surface area contributed by atoms with Crippen LogP contribution in [0.4, 0.5) is 0 Å². The molecular formula is C19H23N3O2S. The van der Waals surface area contributed by atoms with Crippen LogP contribution in [0, 0.1) is 6.92 Å². The van der Waals surface area contributed by atoms with Crippen LogP contribution < -0.4 is 4.74 Å². The summed E-state index contributed by atoms with van der Waals surface area (Å²) in [6.07, 6.45) is 2.66. The Morgan fingerprint density at radius 1 is 1.20 bits per heavy atom. The summed E-state index contributed by atoms with van der Waals surface area (Å²) in [6, 6.07) is 9.94. The van der Waals surface area contributed by atoms with Gasteiger partial charge >= 0.3 is 0 Å². The van der Waals surface area contributed by atoms with Crippen LogP contribution >= 0.6 is 10.5 Å². The van der Waals surface area contributed by atoms with E-state index >= 15 is 0 Å². The number of aromatic amines is 1. The smallest absolute Gasteiger partial charge is 0.160 e. The van der Waals surface area contributed by atoms with Crippen LogP contribution in [0.15, 0.2) is 41.7 Å². The van der Waals surface area contributed by atoms with E-state index < -0.39 is 0 Å². The third-order valence-electron chi connectivity index (χ3n) is 3.96. The molecule has 1 unspecified atom stereocenters. The van der Waals surface area contributed by atoms with Crippen molar-refractivity contribution in [1.29, 1.82) is 0 Å². The van der Waals surface area contributed by atoms with E-state index in [1.807, 2.05) is 37.3 Å². The molecule has 3 rings (SSSR count). The summed E-state index contributed by atoms with van der Waals surface area (Å²) in [7, 11) is 1.40. The van der Waals surface area contributed by atoms with Crippen LogP contribution in [-0.2, 0) is 10.5 Å². The third-order valence-corrected chi connectivity index (χ3v) is 5.32. The van der Waals surface area contributed by atoms with Crippen molar-refractivity contribution in [2.75, 3.05) is 20.3 Å². The number of ether oxygens (including phenoxy) is 2. The van der Waals surface area contributed by atoms with E-state index in [1.165, 1.54) is 0 Å². The number of hydrogen-bond acceptors (Lipinski definition) is 4. The Hall–Kier alpha value is -2.18. The van der Waals surface area contributed by atoms with Gasteiger partial charge < -0.3 is 14.5 Å². The fraction of sp³-hybridized carbons (Fsp3) is 0.316. The van der Waals surface area contributed by atoms with Gasteiger partial charge in [-0.25, -0.2) is 4.98 Å². The molecular weight excluding hydrogens is 334 g/mol. The monoisotopic (exact) mass is 357 g/mol. The number of imidazole rings is 1. The van der Waals surface area contributed by atoms with E-state index in [2.05, 4.69) is 20.8 Å². The predicted octanol–water partition coefficient (Wildman–Crippen LogP) is 3.94. The molecule has 25 heavy (non-hydrogen) atoms. The van der Waals surface area contributed by atoms with Gasteiger partial charge in [-0.1, -0.05) is 18.0 Å². The van der Waals surface area contributed by atoms with Crippen LogP contribution in [0.1, 0.15) is 17.7 Å². The summed E-state index contributed by atoms with van der Waals surface area (Å²) in [6.45, 7) is 3.38. The quantitative estimate of drug-likeness (QED) is 0.490. The van der Waals surface area contributed by atoms with Crippen molar-refractivity contribution in [3.05, 3.63) is 47.8 Å². The number of nitrogens with one attached hydrogen (secondary N) is 1. The Balaban J connectivity index is 1.72. The molecule has 1 N–H and O–H groups in total. The number of nitrogens with zero attached hydrogens (tertiary/aromatic N) is 2. The molecule has 2 aromatic heterocycles. The molecule has 5 nitrogen and oxygen atoms in total. The molecule has 0 radical (unpaired) electrons. The van der Waals surface area contributed by atoms with Gasteiger partial charge in [-0.15, -0.1) is 10.5 Å². The van der Waals surface area contributed by atoms with Gasteiger partial charge in [-0.2, -0.15) is 0 Å². The lowest BCUT2D eigenvalue weighted by molar-refractivity contribution is 0.172. The Morgan fingerprint density at radius 3 is 2.84 bits per heavy atom. The highest BCUT2D eigenvalue weighted by Gasteiger charge is 2.11. The van der Waals surface area contributed by atoms with Crippen molar-refractivity contribution in [3.63, 3.8) is 0 Å². The first kappa shape index (κ1) is 17.6. The van der Waals surface area contributed by atoms with E-state index in [4.69, 9.17) is 9.47 Å². The second-order valence-electron chi connectivity index (χ2n) is 5.77. The fourth-order valence-corrected chi connectivity index (χ4v) is 3.79. The molecule has 0 fully saturated rings. The molecule has 0 saturated heterocycles. The average molecular weight is 357 g/mol. The van der Waals surface area contributed by atoms with Gasteiger partial charge in [0.05, 0.1) is 23.3 Å². The Labute approximate surface area is 150 Å².